The SMILES string of the molecule is CCCNc1ncnc(N2CCC(C(C)O)CC2)c1C. The zero-order valence-corrected chi connectivity index (χ0v) is 12.8. The lowest BCUT2D eigenvalue weighted by molar-refractivity contribution is 0.109. The molecule has 1 aromatic heterocycles. The highest BCUT2D eigenvalue weighted by Crippen LogP contribution is 2.28. The zero-order chi connectivity index (χ0) is 14.5. The molecule has 5 nitrogen and oxygen atoms in total. The Morgan fingerprint density at radius 2 is 2.10 bits per heavy atom. The molecule has 2 rings (SSSR count). The lowest BCUT2D eigenvalue weighted by Crippen LogP contribution is -2.38. The van der Waals surface area contributed by atoms with E-state index in [1.807, 2.05) is 6.92 Å². The molecule has 1 aliphatic heterocycles. The number of hydrogen-bond acceptors (Lipinski definition) is 5. The van der Waals surface area contributed by atoms with E-state index in [1.165, 1.54) is 0 Å². The summed E-state index contributed by atoms with van der Waals surface area (Å²) in [6.45, 7) is 8.96. The van der Waals surface area contributed by atoms with Crippen LogP contribution in [-0.4, -0.2) is 40.8 Å². The van der Waals surface area contributed by atoms with E-state index in [0.717, 1.165) is 56.1 Å². The van der Waals surface area contributed by atoms with Crippen LogP contribution < -0.4 is 10.2 Å². The predicted molar refractivity (Wildman–Crippen MR) is 82.2 cm³/mol. The van der Waals surface area contributed by atoms with Gasteiger partial charge in [-0.1, -0.05) is 6.92 Å². The minimum Gasteiger partial charge on any atom is -0.393 e. The summed E-state index contributed by atoms with van der Waals surface area (Å²) in [5, 5.41) is 13.0. The molecule has 0 aliphatic carbocycles. The minimum atomic E-state index is -0.203. The van der Waals surface area contributed by atoms with Crippen molar-refractivity contribution in [1.29, 1.82) is 0 Å². The number of nitrogens with zero attached hydrogens (tertiary/aromatic N) is 3. The smallest absolute Gasteiger partial charge is 0.137 e. The van der Waals surface area contributed by atoms with Gasteiger partial charge in [0.2, 0.25) is 0 Å². The summed E-state index contributed by atoms with van der Waals surface area (Å²) in [6, 6.07) is 0. The van der Waals surface area contributed by atoms with Gasteiger partial charge < -0.3 is 15.3 Å². The maximum atomic E-state index is 9.68. The predicted octanol–water partition coefficient (Wildman–Crippen LogP) is 2.20. The summed E-state index contributed by atoms with van der Waals surface area (Å²) < 4.78 is 0. The van der Waals surface area contributed by atoms with Crippen molar-refractivity contribution in [3.63, 3.8) is 0 Å². The summed E-state index contributed by atoms with van der Waals surface area (Å²) in [5.41, 5.74) is 1.12. The number of aliphatic hydroxyl groups is 1. The molecule has 0 bridgehead atoms. The summed E-state index contributed by atoms with van der Waals surface area (Å²) in [5.74, 6) is 2.39. The summed E-state index contributed by atoms with van der Waals surface area (Å²) in [6.07, 6.45) is 4.57. The highest BCUT2D eigenvalue weighted by atomic mass is 16.3. The molecule has 20 heavy (non-hydrogen) atoms. The quantitative estimate of drug-likeness (QED) is 0.864. The second-order valence-corrected chi connectivity index (χ2v) is 5.66. The minimum absolute atomic E-state index is 0.203. The molecule has 1 atom stereocenters. The van der Waals surface area contributed by atoms with Crippen molar-refractivity contribution in [3.8, 4) is 0 Å². The molecule has 112 valence electrons. The Labute approximate surface area is 121 Å². The fourth-order valence-electron chi connectivity index (χ4n) is 2.77. The van der Waals surface area contributed by atoms with E-state index in [9.17, 15) is 5.11 Å². The largest absolute Gasteiger partial charge is 0.393 e. The van der Waals surface area contributed by atoms with E-state index in [2.05, 4.69) is 34.0 Å². The third kappa shape index (κ3) is 3.39. The van der Waals surface area contributed by atoms with Crippen LogP contribution >= 0.6 is 0 Å². The van der Waals surface area contributed by atoms with Crippen LogP contribution in [0.2, 0.25) is 0 Å². The van der Waals surface area contributed by atoms with Crippen LogP contribution in [0.1, 0.15) is 38.7 Å². The summed E-state index contributed by atoms with van der Waals surface area (Å²) >= 11 is 0. The highest BCUT2D eigenvalue weighted by molar-refractivity contribution is 5.58. The van der Waals surface area contributed by atoms with Gasteiger partial charge in [0.05, 0.1) is 6.10 Å². The molecule has 0 radical (unpaired) electrons. The molecular formula is C15H26N4O. The maximum absolute atomic E-state index is 9.68. The van der Waals surface area contributed by atoms with Crippen LogP contribution in [0, 0.1) is 12.8 Å². The van der Waals surface area contributed by atoms with Crippen molar-refractivity contribution in [1.82, 2.24) is 9.97 Å². The Morgan fingerprint density at radius 1 is 1.40 bits per heavy atom. The van der Waals surface area contributed by atoms with Gasteiger partial charge in [-0.3, -0.25) is 0 Å². The average molecular weight is 278 g/mol. The lowest BCUT2D eigenvalue weighted by atomic mass is 9.92. The third-order valence-corrected chi connectivity index (χ3v) is 4.12. The van der Waals surface area contributed by atoms with E-state index in [-0.39, 0.29) is 6.10 Å². The van der Waals surface area contributed by atoms with Gasteiger partial charge in [0.1, 0.15) is 18.0 Å². The average Bonchev–Trinajstić information content (AvgIpc) is 2.46. The van der Waals surface area contributed by atoms with Crippen LogP contribution in [0.4, 0.5) is 11.6 Å². The number of aliphatic hydroxyl groups excluding tert-OH is 1. The highest BCUT2D eigenvalue weighted by Gasteiger charge is 2.24. The first-order valence-corrected chi connectivity index (χ1v) is 7.62. The first kappa shape index (κ1) is 15.0. The van der Waals surface area contributed by atoms with E-state index in [0.29, 0.717) is 5.92 Å². The number of anilines is 2. The molecule has 0 aromatic carbocycles. The van der Waals surface area contributed by atoms with E-state index >= 15 is 0 Å². The van der Waals surface area contributed by atoms with Crippen molar-refractivity contribution in [3.05, 3.63) is 11.9 Å². The Bertz CT molecular complexity index is 428. The molecule has 0 amide bonds. The van der Waals surface area contributed by atoms with E-state index in [1.54, 1.807) is 6.33 Å². The molecule has 1 fully saturated rings. The lowest BCUT2D eigenvalue weighted by Gasteiger charge is -2.34. The second kappa shape index (κ2) is 6.88. The second-order valence-electron chi connectivity index (χ2n) is 5.66. The number of hydrogen-bond donors (Lipinski definition) is 2. The fraction of sp³-hybridized carbons (Fsp3) is 0.733. The number of piperidine rings is 1. The van der Waals surface area contributed by atoms with Gasteiger partial charge in [-0.2, -0.15) is 0 Å². The van der Waals surface area contributed by atoms with Crippen molar-refractivity contribution in [2.45, 2.75) is 46.1 Å². The first-order valence-electron chi connectivity index (χ1n) is 7.62. The van der Waals surface area contributed by atoms with E-state index in [4.69, 9.17) is 0 Å². The number of rotatable bonds is 5. The topological polar surface area (TPSA) is 61.3 Å². The van der Waals surface area contributed by atoms with Crippen LogP contribution in [0.3, 0.4) is 0 Å². The van der Waals surface area contributed by atoms with Gasteiger partial charge in [-0.05, 0) is 39.0 Å². The Balaban J connectivity index is 2.06. The number of aromatic nitrogens is 2. The number of nitrogens with one attached hydrogen (secondary N) is 1. The monoisotopic (exact) mass is 278 g/mol. The van der Waals surface area contributed by atoms with Crippen LogP contribution in [0.5, 0.6) is 0 Å². The zero-order valence-electron chi connectivity index (χ0n) is 12.8. The molecule has 0 saturated carbocycles. The normalized spacial score (nSPS) is 18.1. The van der Waals surface area contributed by atoms with Gasteiger partial charge in [-0.25, -0.2) is 9.97 Å². The molecule has 1 aromatic rings. The summed E-state index contributed by atoms with van der Waals surface area (Å²) in [4.78, 5) is 11.1. The van der Waals surface area contributed by atoms with Crippen molar-refractivity contribution >= 4 is 11.6 Å². The maximum Gasteiger partial charge on any atom is 0.137 e. The van der Waals surface area contributed by atoms with Crippen LogP contribution in [-0.2, 0) is 0 Å². The molecule has 2 heterocycles. The molecule has 2 N–H and O–H groups in total. The molecular weight excluding hydrogens is 252 g/mol. The summed E-state index contributed by atoms with van der Waals surface area (Å²) in [7, 11) is 0. The Hall–Kier alpha value is -1.36. The van der Waals surface area contributed by atoms with Gasteiger partial charge in [-0.15, -0.1) is 0 Å². The fourth-order valence-corrected chi connectivity index (χ4v) is 2.77. The van der Waals surface area contributed by atoms with Crippen molar-refractivity contribution < 1.29 is 5.11 Å². The Kier molecular flexibility index (Phi) is 5.17. The first-order chi connectivity index (χ1) is 9.63. The van der Waals surface area contributed by atoms with Gasteiger partial charge in [0.15, 0.2) is 0 Å². The molecule has 5 heteroatoms. The molecule has 1 saturated heterocycles. The standard InChI is InChI=1S/C15H26N4O/c1-4-7-16-14-11(2)15(18-10-17-14)19-8-5-13(6-9-19)12(3)20/h10,12-13,20H,4-9H2,1-3H3,(H,16,17,18). The van der Waals surface area contributed by atoms with Crippen LogP contribution in [0.25, 0.3) is 0 Å². The van der Waals surface area contributed by atoms with Gasteiger partial charge >= 0.3 is 0 Å². The molecule has 1 aliphatic rings. The third-order valence-electron chi connectivity index (χ3n) is 4.12. The van der Waals surface area contributed by atoms with E-state index < -0.39 is 0 Å². The van der Waals surface area contributed by atoms with Crippen LogP contribution in [0.15, 0.2) is 6.33 Å². The molecule has 0 spiro atoms. The van der Waals surface area contributed by atoms with Gasteiger partial charge in [0, 0.05) is 25.2 Å². The van der Waals surface area contributed by atoms with Gasteiger partial charge in [0.25, 0.3) is 0 Å². The van der Waals surface area contributed by atoms with Crippen molar-refractivity contribution in [2.75, 3.05) is 29.9 Å². The van der Waals surface area contributed by atoms with Crippen molar-refractivity contribution in [2.24, 2.45) is 5.92 Å². The Morgan fingerprint density at radius 3 is 2.70 bits per heavy atom. The molecule has 1 unspecified atom stereocenters.